The summed E-state index contributed by atoms with van der Waals surface area (Å²) >= 11 is 6.08. The SMILES string of the molecule is CCCNC1CCc2cc(-c3cccc(Cl)c3)ccc21. The van der Waals surface area contributed by atoms with Crippen molar-refractivity contribution < 1.29 is 0 Å². The van der Waals surface area contributed by atoms with Crippen LogP contribution in [0.15, 0.2) is 42.5 Å². The van der Waals surface area contributed by atoms with Crippen LogP contribution in [0.1, 0.15) is 36.9 Å². The average Bonchev–Trinajstić information content (AvgIpc) is 2.87. The van der Waals surface area contributed by atoms with Crippen LogP contribution in [0.3, 0.4) is 0 Å². The molecule has 1 N–H and O–H groups in total. The Morgan fingerprint density at radius 1 is 1.15 bits per heavy atom. The molecule has 0 bridgehead atoms. The standard InChI is InChI=1S/C18H20ClN/c1-2-10-20-18-9-7-15-11-14(6-8-17(15)18)13-4-3-5-16(19)12-13/h3-6,8,11-12,18,20H,2,7,9-10H2,1H3. The fourth-order valence-electron chi connectivity index (χ4n) is 3.00. The van der Waals surface area contributed by atoms with Crippen LogP contribution in [-0.4, -0.2) is 6.54 Å². The molecule has 1 unspecified atom stereocenters. The van der Waals surface area contributed by atoms with E-state index in [4.69, 9.17) is 11.6 Å². The van der Waals surface area contributed by atoms with Crippen LogP contribution >= 0.6 is 11.6 Å². The lowest BCUT2D eigenvalue weighted by molar-refractivity contribution is 0.529. The van der Waals surface area contributed by atoms with Gasteiger partial charge in [0.05, 0.1) is 0 Å². The number of hydrogen-bond acceptors (Lipinski definition) is 1. The number of aryl methyl sites for hydroxylation is 1. The molecule has 0 saturated carbocycles. The Labute approximate surface area is 126 Å². The second kappa shape index (κ2) is 5.99. The third-order valence-corrected chi connectivity index (χ3v) is 4.25. The number of rotatable bonds is 4. The Hall–Kier alpha value is -1.31. The van der Waals surface area contributed by atoms with Crippen LogP contribution in [0, 0.1) is 0 Å². The molecule has 2 aromatic rings. The van der Waals surface area contributed by atoms with Crippen molar-refractivity contribution in [1.29, 1.82) is 0 Å². The highest BCUT2D eigenvalue weighted by atomic mass is 35.5. The van der Waals surface area contributed by atoms with Crippen LogP contribution < -0.4 is 5.32 Å². The van der Waals surface area contributed by atoms with E-state index < -0.39 is 0 Å². The maximum Gasteiger partial charge on any atom is 0.0412 e. The topological polar surface area (TPSA) is 12.0 Å². The molecule has 2 heteroatoms. The predicted octanol–water partition coefficient (Wildman–Crippen LogP) is 4.99. The molecule has 3 rings (SSSR count). The monoisotopic (exact) mass is 285 g/mol. The summed E-state index contributed by atoms with van der Waals surface area (Å²) in [7, 11) is 0. The normalized spacial score (nSPS) is 17.2. The number of fused-ring (bicyclic) bond motifs is 1. The van der Waals surface area contributed by atoms with Gasteiger partial charge in [0.2, 0.25) is 0 Å². The predicted molar refractivity (Wildman–Crippen MR) is 86.2 cm³/mol. The minimum atomic E-state index is 0.540. The first-order valence-electron chi connectivity index (χ1n) is 7.40. The Balaban J connectivity index is 1.87. The third-order valence-electron chi connectivity index (χ3n) is 4.02. The highest BCUT2D eigenvalue weighted by Gasteiger charge is 2.21. The van der Waals surface area contributed by atoms with Gasteiger partial charge in [-0.2, -0.15) is 0 Å². The molecule has 1 atom stereocenters. The van der Waals surface area contributed by atoms with Crippen LogP contribution in [0.5, 0.6) is 0 Å². The van der Waals surface area contributed by atoms with E-state index in [1.165, 1.54) is 41.5 Å². The lowest BCUT2D eigenvalue weighted by Gasteiger charge is -2.13. The van der Waals surface area contributed by atoms with E-state index in [2.05, 4.69) is 36.5 Å². The molecule has 0 aliphatic heterocycles. The zero-order chi connectivity index (χ0) is 13.9. The first-order chi connectivity index (χ1) is 9.78. The molecule has 1 aliphatic carbocycles. The first kappa shape index (κ1) is 13.7. The summed E-state index contributed by atoms with van der Waals surface area (Å²) in [5.74, 6) is 0. The van der Waals surface area contributed by atoms with Gasteiger partial charge in [-0.3, -0.25) is 0 Å². The zero-order valence-corrected chi connectivity index (χ0v) is 12.6. The lowest BCUT2D eigenvalue weighted by atomic mass is 10.00. The molecule has 0 saturated heterocycles. The van der Waals surface area contributed by atoms with Gasteiger partial charge in [0.15, 0.2) is 0 Å². The van der Waals surface area contributed by atoms with E-state index in [1.54, 1.807) is 0 Å². The van der Waals surface area contributed by atoms with E-state index in [-0.39, 0.29) is 0 Å². The summed E-state index contributed by atoms with van der Waals surface area (Å²) in [6, 6.07) is 15.5. The van der Waals surface area contributed by atoms with Crippen molar-refractivity contribution in [3.8, 4) is 11.1 Å². The molecule has 0 fully saturated rings. The Morgan fingerprint density at radius 2 is 2.00 bits per heavy atom. The van der Waals surface area contributed by atoms with Crippen molar-refractivity contribution in [3.05, 3.63) is 58.6 Å². The third kappa shape index (κ3) is 2.74. The molecular formula is C18H20ClN. The molecule has 2 aromatic carbocycles. The maximum absolute atomic E-state index is 6.08. The summed E-state index contributed by atoms with van der Waals surface area (Å²) in [6.07, 6.45) is 3.58. The van der Waals surface area contributed by atoms with Crippen molar-refractivity contribution in [2.24, 2.45) is 0 Å². The lowest BCUT2D eigenvalue weighted by Crippen LogP contribution is -2.19. The molecule has 0 radical (unpaired) electrons. The van der Waals surface area contributed by atoms with Gasteiger partial charge in [-0.05, 0) is 60.2 Å². The van der Waals surface area contributed by atoms with Gasteiger partial charge in [0, 0.05) is 11.1 Å². The van der Waals surface area contributed by atoms with Crippen LogP contribution in [0.25, 0.3) is 11.1 Å². The van der Waals surface area contributed by atoms with Gasteiger partial charge in [-0.25, -0.2) is 0 Å². The second-order valence-corrected chi connectivity index (χ2v) is 5.91. The maximum atomic E-state index is 6.08. The molecule has 1 nitrogen and oxygen atoms in total. The zero-order valence-electron chi connectivity index (χ0n) is 11.8. The highest BCUT2D eigenvalue weighted by Crippen LogP contribution is 2.34. The molecule has 20 heavy (non-hydrogen) atoms. The van der Waals surface area contributed by atoms with E-state index in [0.29, 0.717) is 6.04 Å². The minimum Gasteiger partial charge on any atom is -0.310 e. The average molecular weight is 286 g/mol. The quantitative estimate of drug-likeness (QED) is 0.834. The van der Waals surface area contributed by atoms with Crippen LogP contribution in [-0.2, 0) is 6.42 Å². The molecule has 0 aromatic heterocycles. The number of hydrogen-bond donors (Lipinski definition) is 1. The number of benzene rings is 2. The van der Waals surface area contributed by atoms with Gasteiger partial charge in [0.25, 0.3) is 0 Å². The van der Waals surface area contributed by atoms with Gasteiger partial charge in [-0.15, -0.1) is 0 Å². The summed E-state index contributed by atoms with van der Waals surface area (Å²) in [6.45, 7) is 3.31. The Bertz CT molecular complexity index is 606. The van der Waals surface area contributed by atoms with Crippen LogP contribution in [0.2, 0.25) is 5.02 Å². The van der Waals surface area contributed by atoms with Crippen molar-refractivity contribution in [3.63, 3.8) is 0 Å². The Morgan fingerprint density at radius 3 is 2.80 bits per heavy atom. The first-order valence-corrected chi connectivity index (χ1v) is 7.78. The molecule has 0 heterocycles. The summed E-state index contributed by atoms with van der Waals surface area (Å²) in [5.41, 5.74) is 5.42. The van der Waals surface area contributed by atoms with E-state index >= 15 is 0 Å². The highest BCUT2D eigenvalue weighted by molar-refractivity contribution is 6.30. The molecule has 1 aliphatic rings. The molecular weight excluding hydrogens is 266 g/mol. The number of nitrogens with one attached hydrogen (secondary N) is 1. The van der Waals surface area contributed by atoms with Crippen molar-refractivity contribution in [2.45, 2.75) is 32.2 Å². The van der Waals surface area contributed by atoms with E-state index in [1.807, 2.05) is 18.2 Å². The smallest absolute Gasteiger partial charge is 0.0412 e. The largest absolute Gasteiger partial charge is 0.310 e. The summed E-state index contributed by atoms with van der Waals surface area (Å²) in [5, 5.41) is 4.43. The van der Waals surface area contributed by atoms with E-state index in [9.17, 15) is 0 Å². The van der Waals surface area contributed by atoms with Crippen molar-refractivity contribution >= 4 is 11.6 Å². The van der Waals surface area contributed by atoms with Crippen molar-refractivity contribution in [2.75, 3.05) is 6.54 Å². The van der Waals surface area contributed by atoms with Crippen LogP contribution in [0.4, 0.5) is 0 Å². The van der Waals surface area contributed by atoms with Gasteiger partial charge in [-0.1, -0.05) is 48.9 Å². The number of halogens is 1. The summed E-state index contributed by atoms with van der Waals surface area (Å²) in [4.78, 5) is 0. The van der Waals surface area contributed by atoms with Crippen molar-refractivity contribution in [1.82, 2.24) is 5.32 Å². The second-order valence-electron chi connectivity index (χ2n) is 5.47. The molecule has 0 spiro atoms. The van der Waals surface area contributed by atoms with E-state index in [0.717, 1.165) is 11.6 Å². The summed E-state index contributed by atoms with van der Waals surface area (Å²) < 4.78 is 0. The fraction of sp³-hybridized carbons (Fsp3) is 0.333. The minimum absolute atomic E-state index is 0.540. The Kier molecular flexibility index (Phi) is 4.09. The fourth-order valence-corrected chi connectivity index (χ4v) is 3.19. The van der Waals surface area contributed by atoms with Gasteiger partial charge < -0.3 is 5.32 Å². The molecule has 104 valence electrons. The van der Waals surface area contributed by atoms with Gasteiger partial charge >= 0.3 is 0 Å². The molecule has 0 amide bonds. The van der Waals surface area contributed by atoms with Gasteiger partial charge in [0.1, 0.15) is 0 Å².